The summed E-state index contributed by atoms with van der Waals surface area (Å²) in [6.45, 7) is 12.4. The fourth-order valence-electron chi connectivity index (χ4n) is 3.82. The molecule has 4 nitrogen and oxygen atoms in total. The summed E-state index contributed by atoms with van der Waals surface area (Å²) < 4.78 is 4.94. The molecule has 0 aromatic rings. The Morgan fingerprint density at radius 3 is 2.30 bits per heavy atom. The third-order valence-electron chi connectivity index (χ3n) is 4.04. The summed E-state index contributed by atoms with van der Waals surface area (Å²) in [4.78, 5) is 12.0. The third kappa shape index (κ3) is 5.80. The average molecular weight is 284 g/mol. The van der Waals surface area contributed by atoms with E-state index in [9.17, 15) is 4.79 Å². The summed E-state index contributed by atoms with van der Waals surface area (Å²) in [7, 11) is 1.64. The van der Waals surface area contributed by atoms with Gasteiger partial charge < -0.3 is 15.4 Å². The first kappa shape index (κ1) is 17.4. The molecule has 2 N–H and O–H groups in total. The van der Waals surface area contributed by atoms with Crippen molar-refractivity contribution in [3.63, 3.8) is 0 Å². The number of nitrogens with one attached hydrogen (secondary N) is 2. The van der Waals surface area contributed by atoms with Gasteiger partial charge in [-0.2, -0.15) is 0 Å². The van der Waals surface area contributed by atoms with Gasteiger partial charge in [-0.1, -0.05) is 27.7 Å². The number of carbonyl (C=O) groups excluding carboxylic acids is 1. The van der Waals surface area contributed by atoms with Gasteiger partial charge in [0.05, 0.1) is 12.6 Å². The summed E-state index contributed by atoms with van der Waals surface area (Å²) in [5.74, 6) is 0.0586. The molecule has 1 rings (SSSR count). The van der Waals surface area contributed by atoms with Crippen molar-refractivity contribution in [2.75, 3.05) is 20.3 Å². The zero-order chi connectivity index (χ0) is 15.4. The number of methoxy groups -OCH3 is 1. The Balaban J connectivity index is 2.48. The molecular weight excluding hydrogens is 252 g/mol. The van der Waals surface area contributed by atoms with E-state index in [-0.39, 0.29) is 11.9 Å². The monoisotopic (exact) mass is 284 g/mol. The van der Waals surface area contributed by atoms with Crippen molar-refractivity contribution < 1.29 is 9.53 Å². The smallest absolute Gasteiger partial charge is 0.236 e. The molecule has 1 amide bonds. The summed E-state index contributed by atoms with van der Waals surface area (Å²) in [5, 5.41) is 6.39. The third-order valence-corrected chi connectivity index (χ3v) is 4.04. The van der Waals surface area contributed by atoms with Gasteiger partial charge in [0.25, 0.3) is 0 Å². The molecule has 0 aromatic heterocycles. The predicted molar refractivity (Wildman–Crippen MR) is 82.7 cm³/mol. The van der Waals surface area contributed by atoms with Gasteiger partial charge in [-0.25, -0.2) is 0 Å². The largest absolute Gasteiger partial charge is 0.383 e. The lowest BCUT2D eigenvalue weighted by Gasteiger charge is -2.45. The van der Waals surface area contributed by atoms with E-state index in [2.05, 4.69) is 38.3 Å². The van der Waals surface area contributed by atoms with Crippen LogP contribution in [0.2, 0.25) is 0 Å². The lowest BCUT2D eigenvalue weighted by molar-refractivity contribution is -0.123. The Morgan fingerprint density at radius 1 is 1.25 bits per heavy atom. The lowest BCUT2D eigenvalue weighted by Crippen LogP contribution is -2.51. The maximum Gasteiger partial charge on any atom is 0.236 e. The van der Waals surface area contributed by atoms with Crippen LogP contribution >= 0.6 is 0 Å². The van der Waals surface area contributed by atoms with Crippen LogP contribution in [0.25, 0.3) is 0 Å². The molecule has 1 saturated carbocycles. The summed E-state index contributed by atoms with van der Waals surface area (Å²) in [6, 6.07) is 0.262. The first-order valence-corrected chi connectivity index (χ1v) is 7.68. The topological polar surface area (TPSA) is 50.4 Å². The molecule has 0 bridgehead atoms. The van der Waals surface area contributed by atoms with Crippen molar-refractivity contribution in [1.82, 2.24) is 10.6 Å². The number of rotatable bonds is 6. The molecule has 0 saturated heterocycles. The van der Waals surface area contributed by atoms with Gasteiger partial charge in [-0.05, 0) is 37.0 Å². The SMILES string of the molecule is COCCNC(=O)C(C)NC1CC(C)(C)CC(C)(C)C1. The van der Waals surface area contributed by atoms with E-state index >= 15 is 0 Å². The van der Waals surface area contributed by atoms with Crippen molar-refractivity contribution in [2.24, 2.45) is 10.8 Å². The molecule has 1 unspecified atom stereocenters. The van der Waals surface area contributed by atoms with Gasteiger partial charge in [-0.15, -0.1) is 0 Å². The molecule has 4 heteroatoms. The molecule has 1 atom stereocenters. The van der Waals surface area contributed by atoms with E-state index in [1.165, 1.54) is 6.42 Å². The van der Waals surface area contributed by atoms with E-state index in [4.69, 9.17) is 4.74 Å². The highest BCUT2D eigenvalue weighted by molar-refractivity contribution is 5.81. The van der Waals surface area contributed by atoms with Crippen LogP contribution in [0.5, 0.6) is 0 Å². The van der Waals surface area contributed by atoms with Crippen LogP contribution in [0.4, 0.5) is 0 Å². The first-order chi connectivity index (χ1) is 9.15. The molecule has 0 aliphatic heterocycles. The van der Waals surface area contributed by atoms with Crippen LogP contribution in [0, 0.1) is 10.8 Å². The normalized spacial score (nSPS) is 23.3. The lowest BCUT2D eigenvalue weighted by atomic mass is 9.63. The molecule has 1 fully saturated rings. The Hall–Kier alpha value is -0.610. The van der Waals surface area contributed by atoms with E-state index in [1.54, 1.807) is 7.11 Å². The number of ether oxygens (including phenoxy) is 1. The van der Waals surface area contributed by atoms with Gasteiger partial charge in [0.1, 0.15) is 0 Å². The molecule has 1 aliphatic carbocycles. The summed E-state index contributed by atoms with van der Waals surface area (Å²) >= 11 is 0. The van der Waals surface area contributed by atoms with Crippen molar-refractivity contribution in [1.29, 1.82) is 0 Å². The van der Waals surface area contributed by atoms with Gasteiger partial charge in [0.2, 0.25) is 5.91 Å². The standard InChI is InChI=1S/C16H32N2O2/c1-12(14(19)17-7-8-20-6)18-13-9-15(2,3)11-16(4,5)10-13/h12-13,18H,7-11H2,1-6H3,(H,17,19). The maximum atomic E-state index is 12.0. The molecule has 118 valence electrons. The van der Waals surface area contributed by atoms with Crippen molar-refractivity contribution in [3.8, 4) is 0 Å². The van der Waals surface area contributed by atoms with Crippen LogP contribution in [-0.4, -0.2) is 38.3 Å². The minimum absolute atomic E-state index is 0.0586. The average Bonchev–Trinajstić information content (AvgIpc) is 2.24. The molecule has 0 heterocycles. The Labute approximate surface area is 124 Å². The Bertz CT molecular complexity index is 310. The minimum atomic E-state index is -0.151. The fourth-order valence-corrected chi connectivity index (χ4v) is 3.82. The summed E-state index contributed by atoms with van der Waals surface area (Å²) in [5.41, 5.74) is 0.678. The van der Waals surface area contributed by atoms with Crippen LogP contribution in [0.15, 0.2) is 0 Å². The van der Waals surface area contributed by atoms with Gasteiger partial charge in [0, 0.05) is 19.7 Å². The van der Waals surface area contributed by atoms with Crippen LogP contribution in [0.1, 0.15) is 53.9 Å². The van der Waals surface area contributed by atoms with Crippen LogP contribution < -0.4 is 10.6 Å². The molecule has 0 spiro atoms. The number of hydrogen-bond acceptors (Lipinski definition) is 3. The minimum Gasteiger partial charge on any atom is -0.383 e. The quantitative estimate of drug-likeness (QED) is 0.736. The van der Waals surface area contributed by atoms with Gasteiger partial charge >= 0.3 is 0 Å². The molecule has 1 aliphatic rings. The zero-order valence-corrected chi connectivity index (χ0v) is 14.0. The van der Waals surface area contributed by atoms with Gasteiger partial charge in [-0.3, -0.25) is 4.79 Å². The van der Waals surface area contributed by atoms with Crippen molar-refractivity contribution in [2.45, 2.75) is 66.0 Å². The first-order valence-electron chi connectivity index (χ1n) is 7.68. The van der Waals surface area contributed by atoms with E-state index in [0.29, 0.717) is 30.0 Å². The van der Waals surface area contributed by atoms with E-state index in [0.717, 1.165) is 12.8 Å². The number of hydrogen-bond donors (Lipinski definition) is 2. The maximum absolute atomic E-state index is 12.0. The second-order valence-electron chi connectivity index (χ2n) is 7.78. The zero-order valence-electron chi connectivity index (χ0n) is 14.0. The Morgan fingerprint density at radius 2 is 1.80 bits per heavy atom. The predicted octanol–water partition coefficient (Wildman–Crippen LogP) is 2.33. The Kier molecular flexibility index (Phi) is 6.02. The summed E-state index contributed by atoms with van der Waals surface area (Å²) in [6.07, 6.45) is 3.50. The highest BCUT2D eigenvalue weighted by atomic mass is 16.5. The fraction of sp³-hybridized carbons (Fsp3) is 0.938. The second-order valence-corrected chi connectivity index (χ2v) is 7.78. The number of amides is 1. The van der Waals surface area contributed by atoms with Crippen molar-refractivity contribution >= 4 is 5.91 Å². The molecular formula is C16H32N2O2. The van der Waals surface area contributed by atoms with Crippen LogP contribution in [-0.2, 0) is 9.53 Å². The highest BCUT2D eigenvalue weighted by Gasteiger charge is 2.38. The molecule has 0 aromatic carbocycles. The van der Waals surface area contributed by atoms with Crippen molar-refractivity contribution in [3.05, 3.63) is 0 Å². The van der Waals surface area contributed by atoms with Crippen LogP contribution in [0.3, 0.4) is 0 Å². The number of carbonyl (C=O) groups is 1. The van der Waals surface area contributed by atoms with E-state index in [1.807, 2.05) is 6.92 Å². The van der Waals surface area contributed by atoms with Gasteiger partial charge in [0.15, 0.2) is 0 Å². The molecule has 0 radical (unpaired) electrons. The second kappa shape index (κ2) is 6.90. The van der Waals surface area contributed by atoms with E-state index < -0.39 is 0 Å². The highest BCUT2D eigenvalue weighted by Crippen LogP contribution is 2.45. The molecule has 20 heavy (non-hydrogen) atoms.